The lowest BCUT2D eigenvalue weighted by Gasteiger charge is -2.32. The van der Waals surface area contributed by atoms with E-state index in [0.29, 0.717) is 30.9 Å². The number of rotatable bonds is 6. The van der Waals surface area contributed by atoms with Crippen LogP contribution < -0.4 is 10.1 Å². The number of hydrogen-bond donors (Lipinski definition) is 3. The second-order valence-corrected chi connectivity index (χ2v) is 6.28. The number of carbonyl (C=O) groups is 2. The van der Waals surface area contributed by atoms with Gasteiger partial charge in [-0.15, -0.1) is 0 Å². The van der Waals surface area contributed by atoms with E-state index in [4.69, 9.17) is 19.7 Å². The average molecular weight is 371 g/mol. The smallest absolute Gasteiger partial charge is 0.335 e. The van der Waals surface area contributed by atoms with Crippen molar-refractivity contribution in [1.82, 2.24) is 5.32 Å². The van der Waals surface area contributed by atoms with Crippen molar-refractivity contribution in [3.63, 3.8) is 0 Å². The van der Waals surface area contributed by atoms with Gasteiger partial charge in [-0.2, -0.15) is 0 Å². The molecule has 1 saturated heterocycles. The van der Waals surface area contributed by atoms with E-state index in [1.54, 1.807) is 36.4 Å². The number of hydrogen-bond acceptors (Lipinski definition) is 5. The zero-order valence-corrected chi connectivity index (χ0v) is 14.6. The minimum Gasteiger partial charge on any atom is -0.486 e. The molecule has 1 aliphatic rings. The van der Waals surface area contributed by atoms with Crippen LogP contribution in [0.2, 0.25) is 0 Å². The Hall–Kier alpha value is -2.90. The number of aliphatic hydroxyl groups excluding tert-OH is 1. The van der Waals surface area contributed by atoms with Crippen molar-refractivity contribution in [2.75, 3.05) is 13.2 Å². The quantitative estimate of drug-likeness (QED) is 0.716. The first-order chi connectivity index (χ1) is 13.1. The molecule has 2 aromatic carbocycles. The number of amides is 1. The summed E-state index contributed by atoms with van der Waals surface area (Å²) in [6.07, 6.45) is 0.230. The van der Waals surface area contributed by atoms with Crippen LogP contribution in [0.25, 0.3) is 0 Å². The Balaban J connectivity index is 1.65. The molecule has 2 atom stereocenters. The second kappa shape index (κ2) is 8.66. The van der Waals surface area contributed by atoms with Crippen molar-refractivity contribution in [3.05, 3.63) is 65.2 Å². The first-order valence-corrected chi connectivity index (χ1v) is 8.65. The number of benzene rings is 2. The van der Waals surface area contributed by atoms with Gasteiger partial charge >= 0.3 is 5.97 Å². The molecular formula is C20H21NO6. The van der Waals surface area contributed by atoms with Gasteiger partial charge in [-0.3, -0.25) is 4.79 Å². The fourth-order valence-corrected chi connectivity index (χ4v) is 2.86. The van der Waals surface area contributed by atoms with Crippen molar-refractivity contribution in [3.8, 4) is 5.75 Å². The van der Waals surface area contributed by atoms with E-state index in [1.165, 1.54) is 12.1 Å². The SMILES string of the molecule is O=C(O)c1ccc(O[C@@H]2COCC[C@H]2NC(=O)c2ccc(CO)cc2)cc1. The Labute approximate surface area is 156 Å². The highest BCUT2D eigenvalue weighted by molar-refractivity contribution is 5.94. The summed E-state index contributed by atoms with van der Waals surface area (Å²) in [4.78, 5) is 23.4. The third-order valence-corrected chi connectivity index (χ3v) is 4.41. The number of carboxylic acids is 1. The zero-order valence-electron chi connectivity index (χ0n) is 14.6. The molecule has 0 aliphatic carbocycles. The van der Waals surface area contributed by atoms with E-state index < -0.39 is 5.97 Å². The molecule has 0 unspecified atom stereocenters. The van der Waals surface area contributed by atoms with Gasteiger partial charge in [0.2, 0.25) is 0 Å². The average Bonchev–Trinajstić information content (AvgIpc) is 2.70. The summed E-state index contributed by atoms with van der Waals surface area (Å²) in [6, 6.07) is 12.6. The Morgan fingerprint density at radius 3 is 2.37 bits per heavy atom. The molecule has 1 aliphatic heterocycles. The number of carboxylic acid groups (broad SMARTS) is 1. The van der Waals surface area contributed by atoms with Crippen molar-refractivity contribution < 1.29 is 29.3 Å². The molecule has 3 N–H and O–H groups in total. The lowest BCUT2D eigenvalue weighted by Crippen LogP contribution is -2.51. The normalized spacial score (nSPS) is 19.3. The van der Waals surface area contributed by atoms with Gasteiger partial charge in [-0.05, 0) is 48.4 Å². The first-order valence-electron chi connectivity index (χ1n) is 8.65. The number of nitrogens with one attached hydrogen (secondary N) is 1. The highest BCUT2D eigenvalue weighted by Crippen LogP contribution is 2.19. The monoisotopic (exact) mass is 371 g/mol. The highest BCUT2D eigenvalue weighted by atomic mass is 16.5. The van der Waals surface area contributed by atoms with E-state index in [2.05, 4.69) is 5.32 Å². The molecule has 0 spiro atoms. The van der Waals surface area contributed by atoms with Gasteiger partial charge in [0.15, 0.2) is 0 Å². The molecule has 3 rings (SSSR count). The number of ether oxygens (including phenoxy) is 2. The molecule has 2 aromatic rings. The molecule has 142 valence electrons. The standard InChI is InChI=1S/C20H21NO6/c22-11-13-1-3-14(4-2-13)19(23)21-17-9-10-26-12-18(17)27-16-7-5-15(6-8-16)20(24)25/h1-8,17-18,22H,9-12H2,(H,21,23)(H,24,25)/t17-,18-/m1/s1. The van der Waals surface area contributed by atoms with E-state index in [0.717, 1.165) is 5.56 Å². The molecule has 7 nitrogen and oxygen atoms in total. The summed E-state index contributed by atoms with van der Waals surface area (Å²) < 4.78 is 11.4. The molecular weight excluding hydrogens is 350 g/mol. The molecule has 27 heavy (non-hydrogen) atoms. The molecule has 0 bridgehead atoms. The Bertz CT molecular complexity index is 787. The van der Waals surface area contributed by atoms with Crippen molar-refractivity contribution in [1.29, 1.82) is 0 Å². The third-order valence-electron chi connectivity index (χ3n) is 4.41. The van der Waals surface area contributed by atoms with Crippen LogP contribution in [-0.4, -0.2) is 47.4 Å². The summed E-state index contributed by atoms with van der Waals surface area (Å²) in [5.74, 6) is -0.705. The van der Waals surface area contributed by atoms with Gasteiger partial charge in [-0.1, -0.05) is 12.1 Å². The van der Waals surface area contributed by atoms with Crippen LogP contribution >= 0.6 is 0 Å². The number of carbonyl (C=O) groups excluding carboxylic acids is 1. The molecule has 1 amide bonds. The summed E-state index contributed by atoms with van der Waals surface area (Å²) in [5, 5.41) is 21.0. The maximum absolute atomic E-state index is 12.5. The lowest BCUT2D eigenvalue weighted by atomic mass is 10.0. The Morgan fingerprint density at radius 2 is 1.74 bits per heavy atom. The maximum Gasteiger partial charge on any atom is 0.335 e. The summed E-state index contributed by atoms with van der Waals surface area (Å²) in [7, 11) is 0. The largest absolute Gasteiger partial charge is 0.486 e. The first kappa shape index (κ1) is 18.9. The van der Waals surface area contributed by atoms with Crippen LogP contribution in [0, 0.1) is 0 Å². The summed E-state index contributed by atoms with van der Waals surface area (Å²) >= 11 is 0. The van der Waals surface area contributed by atoms with Gasteiger partial charge in [0.25, 0.3) is 5.91 Å². The van der Waals surface area contributed by atoms with E-state index in [9.17, 15) is 9.59 Å². The van der Waals surface area contributed by atoms with Crippen LogP contribution in [0.3, 0.4) is 0 Å². The molecule has 0 radical (unpaired) electrons. The van der Waals surface area contributed by atoms with Crippen LogP contribution in [0.5, 0.6) is 5.75 Å². The van der Waals surface area contributed by atoms with Crippen molar-refractivity contribution in [2.45, 2.75) is 25.2 Å². The predicted molar refractivity (Wildman–Crippen MR) is 96.9 cm³/mol. The van der Waals surface area contributed by atoms with Crippen LogP contribution in [0.4, 0.5) is 0 Å². The predicted octanol–water partition coefficient (Wildman–Crippen LogP) is 1.84. The van der Waals surface area contributed by atoms with Crippen LogP contribution in [0.1, 0.15) is 32.7 Å². The Morgan fingerprint density at radius 1 is 1.07 bits per heavy atom. The topological polar surface area (TPSA) is 105 Å². The lowest BCUT2D eigenvalue weighted by molar-refractivity contribution is -0.0135. The van der Waals surface area contributed by atoms with Crippen LogP contribution in [0.15, 0.2) is 48.5 Å². The summed E-state index contributed by atoms with van der Waals surface area (Å²) in [6.45, 7) is 0.778. The Kier molecular flexibility index (Phi) is 6.05. The molecule has 1 fully saturated rings. The third kappa shape index (κ3) is 4.84. The van der Waals surface area contributed by atoms with Gasteiger partial charge in [0, 0.05) is 12.2 Å². The minimum atomic E-state index is -1.00. The van der Waals surface area contributed by atoms with Gasteiger partial charge in [0.05, 0.1) is 24.8 Å². The maximum atomic E-state index is 12.5. The van der Waals surface area contributed by atoms with Crippen molar-refractivity contribution in [2.24, 2.45) is 0 Å². The van der Waals surface area contributed by atoms with E-state index >= 15 is 0 Å². The number of aliphatic hydroxyl groups is 1. The van der Waals surface area contributed by atoms with E-state index in [1.807, 2.05) is 0 Å². The molecule has 0 aromatic heterocycles. The molecule has 1 heterocycles. The zero-order chi connectivity index (χ0) is 19.2. The minimum absolute atomic E-state index is 0.0710. The molecule has 0 saturated carbocycles. The van der Waals surface area contributed by atoms with E-state index in [-0.39, 0.29) is 30.2 Å². The van der Waals surface area contributed by atoms with Gasteiger partial charge in [0.1, 0.15) is 11.9 Å². The van der Waals surface area contributed by atoms with Crippen molar-refractivity contribution >= 4 is 11.9 Å². The molecule has 7 heteroatoms. The summed E-state index contributed by atoms with van der Waals surface area (Å²) in [5.41, 5.74) is 1.42. The number of aromatic carboxylic acids is 1. The fraction of sp³-hybridized carbons (Fsp3) is 0.300. The van der Waals surface area contributed by atoms with Crippen LogP contribution in [-0.2, 0) is 11.3 Å². The fourth-order valence-electron chi connectivity index (χ4n) is 2.86. The second-order valence-electron chi connectivity index (χ2n) is 6.28. The highest BCUT2D eigenvalue weighted by Gasteiger charge is 2.29. The van der Waals surface area contributed by atoms with Gasteiger partial charge in [-0.25, -0.2) is 4.79 Å². The van der Waals surface area contributed by atoms with Gasteiger partial charge < -0.3 is 25.0 Å².